The molecule has 2 amide bonds. The Bertz CT molecular complexity index is 974. The van der Waals surface area contributed by atoms with Crippen LogP contribution in [0.15, 0.2) is 70.7 Å². The van der Waals surface area contributed by atoms with E-state index in [-0.39, 0.29) is 11.8 Å². The van der Waals surface area contributed by atoms with Gasteiger partial charge in [0.15, 0.2) is 0 Å². The average Bonchev–Trinajstić information content (AvgIpc) is 3.47. The average molecular weight is 402 g/mol. The van der Waals surface area contributed by atoms with E-state index in [1.54, 1.807) is 12.1 Å². The molecule has 0 atom stereocenters. The van der Waals surface area contributed by atoms with Crippen molar-refractivity contribution >= 4 is 34.9 Å². The van der Waals surface area contributed by atoms with Gasteiger partial charge in [0.05, 0.1) is 13.1 Å². The highest BCUT2D eigenvalue weighted by Gasteiger charge is 2.10. The molecule has 152 valence electrons. The van der Waals surface area contributed by atoms with E-state index in [0.29, 0.717) is 11.4 Å². The molecule has 0 fully saturated rings. The number of nitrogens with one attached hydrogen (secondary N) is 4. The molecule has 0 saturated heterocycles. The number of amides is 2. The lowest BCUT2D eigenvalue weighted by atomic mass is 10.2. The topological polar surface area (TPSA) is 107 Å². The van der Waals surface area contributed by atoms with Crippen molar-refractivity contribution in [3.63, 3.8) is 0 Å². The third-order valence-electron chi connectivity index (χ3n) is 4.54. The number of hydrogen-bond donors (Lipinski definition) is 4. The van der Waals surface area contributed by atoms with Crippen LogP contribution in [0.1, 0.15) is 11.1 Å². The summed E-state index contributed by atoms with van der Waals surface area (Å²) in [6.45, 7) is 3.13. The van der Waals surface area contributed by atoms with Crippen LogP contribution in [0, 0.1) is 0 Å². The summed E-state index contributed by atoms with van der Waals surface area (Å²) >= 11 is 0. The first-order chi connectivity index (χ1) is 14.7. The van der Waals surface area contributed by atoms with E-state index < -0.39 is 0 Å². The minimum Gasteiger partial charge on any atom is -0.368 e. The minimum absolute atomic E-state index is 0.387. The first-order valence-electron chi connectivity index (χ1n) is 9.75. The Hall–Kier alpha value is -3.94. The third-order valence-corrected chi connectivity index (χ3v) is 4.54. The maximum atomic E-state index is 12.2. The Morgan fingerprint density at radius 2 is 1.23 bits per heavy atom. The van der Waals surface area contributed by atoms with Crippen LogP contribution in [0.4, 0.5) is 11.4 Å². The number of anilines is 2. The first kappa shape index (κ1) is 19.4. The molecule has 8 heteroatoms. The highest BCUT2D eigenvalue weighted by atomic mass is 16.2. The zero-order valence-corrected chi connectivity index (χ0v) is 16.3. The van der Waals surface area contributed by atoms with E-state index in [9.17, 15) is 9.59 Å². The van der Waals surface area contributed by atoms with Gasteiger partial charge < -0.3 is 21.3 Å². The standard InChI is InChI=1S/C22H22N6O2/c29-19(27-17-5-1-3-15(13-17)21-23-9-10-24-21)7-8-20(30)28-18-6-2-4-16(14-18)22-25-11-12-26-22/h1-8,13-14H,9-12H2,(H,23,24)(H,25,26)(H,27,29)(H,28,30). The van der Waals surface area contributed by atoms with E-state index in [1.165, 1.54) is 12.2 Å². The Balaban J connectivity index is 1.33. The van der Waals surface area contributed by atoms with Crippen LogP contribution in [0.5, 0.6) is 0 Å². The van der Waals surface area contributed by atoms with Crippen molar-refractivity contribution in [3.8, 4) is 0 Å². The van der Waals surface area contributed by atoms with Crippen molar-refractivity contribution in [2.75, 3.05) is 36.8 Å². The number of benzene rings is 2. The zero-order valence-electron chi connectivity index (χ0n) is 16.3. The lowest BCUT2D eigenvalue weighted by molar-refractivity contribution is -0.114. The molecule has 2 aromatic rings. The highest BCUT2D eigenvalue weighted by molar-refractivity contribution is 6.08. The molecule has 0 radical (unpaired) electrons. The van der Waals surface area contributed by atoms with Gasteiger partial charge in [0.2, 0.25) is 11.8 Å². The van der Waals surface area contributed by atoms with Gasteiger partial charge in [-0.25, -0.2) is 0 Å². The summed E-state index contributed by atoms with van der Waals surface area (Å²) in [6.07, 6.45) is 2.42. The highest BCUT2D eigenvalue weighted by Crippen LogP contribution is 2.13. The summed E-state index contributed by atoms with van der Waals surface area (Å²) in [5.74, 6) is 0.868. The van der Waals surface area contributed by atoms with Crippen molar-refractivity contribution in [1.29, 1.82) is 0 Å². The maximum Gasteiger partial charge on any atom is 0.248 e. The fourth-order valence-electron chi connectivity index (χ4n) is 3.19. The number of aliphatic imine (C=N–C) groups is 2. The van der Waals surface area contributed by atoms with Crippen LogP contribution in [-0.2, 0) is 9.59 Å². The molecule has 4 rings (SSSR count). The van der Waals surface area contributed by atoms with Gasteiger partial charge in [0.25, 0.3) is 0 Å². The quantitative estimate of drug-likeness (QED) is 0.550. The van der Waals surface area contributed by atoms with Gasteiger partial charge in [0, 0.05) is 47.7 Å². The monoisotopic (exact) mass is 402 g/mol. The van der Waals surface area contributed by atoms with Crippen LogP contribution in [0.3, 0.4) is 0 Å². The predicted octanol–water partition coefficient (Wildman–Crippen LogP) is 1.52. The fraction of sp³-hybridized carbons (Fsp3) is 0.182. The smallest absolute Gasteiger partial charge is 0.248 e. The number of rotatable bonds is 6. The molecule has 0 aromatic heterocycles. The maximum absolute atomic E-state index is 12.2. The van der Waals surface area contributed by atoms with Crippen LogP contribution in [0.2, 0.25) is 0 Å². The van der Waals surface area contributed by atoms with Gasteiger partial charge >= 0.3 is 0 Å². The van der Waals surface area contributed by atoms with Crippen LogP contribution in [-0.4, -0.2) is 49.7 Å². The number of carbonyl (C=O) groups excluding carboxylic acids is 2. The van der Waals surface area contributed by atoms with Gasteiger partial charge in [-0.1, -0.05) is 24.3 Å². The lowest BCUT2D eigenvalue weighted by Crippen LogP contribution is -2.20. The van der Waals surface area contributed by atoms with Gasteiger partial charge in [-0.2, -0.15) is 0 Å². The van der Waals surface area contributed by atoms with Crippen molar-refractivity contribution in [3.05, 3.63) is 71.8 Å². The van der Waals surface area contributed by atoms with E-state index >= 15 is 0 Å². The summed E-state index contributed by atoms with van der Waals surface area (Å²) in [7, 11) is 0. The second-order valence-electron chi connectivity index (χ2n) is 6.79. The molecule has 0 saturated carbocycles. The summed E-state index contributed by atoms with van der Waals surface area (Å²) < 4.78 is 0. The second-order valence-corrected chi connectivity index (χ2v) is 6.79. The lowest BCUT2D eigenvalue weighted by Gasteiger charge is -2.07. The number of carbonyl (C=O) groups is 2. The molecule has 0 spiro atoms. The molecule has 0 bridgehead atoms. The number of amidine groups is 2. The third kappa shape index (κ3) is 4.91. The van der Waals surface area contributed by atoms with Gasteiger partial charge in [-0.05, 0) is 24.3 Å². The molecule has 2 aliphatic heterocycles. The number of hydrogen-bond acceptors (Lipinski definition) is 6. The molecule has 4 N–H and O–H groups in total. The SMILES string of the molecule is O=C(C=CC(=O)Nc1cccc(C2=NCCN2)c1)Nc1cccc(C2=NCCN2)c1. The summed E-state index contributed by atoms with van der Waals surface area (Å²) in [6, 6.07) is 14.8. The Labute approximate surface area is 174 Å². The van der Waals surface area contributed by atoms with E-state index in [4.69, 9.17) is 0 Å². The summed E-state index contributed by atoms with van der Waals surface area (Å²) in [4.78, 5) is 33.1. The minimum atomic E-state index is -0.387. The normalized spacial score (nSPS) is 15.2. The van der Waals surface area contributed by atoms with Gasteiger partial charge in [-0.3, -0.25) is 19.6 Å². The summed E-state index contributed by atoms with van der Waals surface area (Å²) in [5.41, 5.74) is 3.09. The Morgan fingerprint density at radius 1 is 0.767 bits per heavy atom. The van der Waals surface area contributed by atoms with Crippen molar-refractivity contribution in [2.45, 2.75) is 0 Å². The molecule has 2 heterocycles. The molecule has 8 nitrogen and oxygen atoms in total. The Kier molecular flexibility index (Phi) is 5.84. The second kappa shape index (κ2) is 9.04. The van der Waals surface area contributed by atoms with E-state index in [2.05, 4.69) is 31.3 Å². The van der Waals surface area contributed by atoms with Crippen LogP contribution < -0.4 is 21.3 Å². The fourth-order valence-corrected chi connectivity index (χ4v) is 3.19. The molecular formula is C22H22N6O2. The van der Waals surface area contributed by atoms with Crippen LogP contribution >= 0.6 is 0 Å². The van der Waals surface area contributed by atoms with Crippen molar-refractivity contribution in [1.82, 2.24) is 10.6 Å². The van der Waals surface area contributed by atoms with E-state index in [0.717, 1.165) is 49.0 Å². The summed E-state index contributed by atoms with van der Waals surface area (Å²) in [5, 5.41) is 11.9. The molecule has 30 heavy (non-hydrogen) atoms. The van der Waals surface area contributed by atoms with Crippen molar-refractivity contribution in [2.24, 2.45) is 9.98 Å². The van der Waals surface area contributed by atoms with E-state index in [1.807, 2.05) is 36.4 Å². The first-order valence-corrected chi connectivity index (χ1v) is 9.75. The van der Waals surface area contributed by atoms with Crippen molar-refractivity contribution < 1.29 is 9.59 Å². The molecule has 0 unspecified atom stereocenters. The molecule has 2 aliphatic rings. The Morgan fingerprint density at radius 3 is 1.63 bits per heavy atom. The predicted molar refractivity (Wildman–Crippen MR) is 118 cm³/mol. The van der Waals surface area contributed by atoms with Gasteiger partial charge in [0.1, 0.15) is 11.7 Å². The molecule has 0 aliphatic carbocycles. The largest absolute Gasteiger partial charge is 0.368 e. The van der Waals surface area contributed by atoms with Crippen LogP contribution in [0.25, 0.3) is 0 Å². The molecule has 2 aromatic carbocycles. The molecular weight excluding hydrogens is 380 g/mol. The zero-order chi connectivity index (χ0) is 20.8. The number of nitrogens with zero attached hydrogens (tertiary/aromatic N) is 2. The van der Waals surface area contributed by atoms with Gasteiger partial charge in [-0.15, -0.1) is 0 Å².